The predicted octanol–water partition coefficient (Wildman–Crippen LogP) is 2.69. The van der Waals surface area contributed by atoms with Gasteiger partial charge in [-0.15, -0.1) is 0 Å². The Morgan fingerprint density at radius 2 is 2.00 bits per heavy atom. The number of rotatable bonds is 6. The molecular formula is C16H24N2O4. The monoisotopic (exact) mass is 308 g/mol. The number of aromatic nitrogens is 1. The molecule has 1 saturated carbocycles. The van der Waals surface area contributed by atoms with Crippen molar-refractivity contribution in [2.75, 3.05) is 0 Å². The number of aryl methyl sites for hydroxylation is 2. The molecule has 1 aliphatic rings. The van der Waals surface area contributed by atoms with Gasteiger partial charge in [-0.05, 0) is 32.6 Å². The number of aliphatic carboxylic acids is 1. The van der Waals surface area contributed by atoms with Crippen molar-refractivity contribution in [2.24, 2.45) is 0 Å². The lowest BCUT2D eigenvalue weighted by molar-refractivity contribution is -0.139. The Bertz CT molecular complexity index is 539. The molecule has 1 aliphatic carbocycles. The zero-order chi connectivity index (χ0) is 16.3. The highest BCUT2D eigenvalue weighted by molar-refractivity contribution is 5.79. The minimum absolute atomic E-state index is 0.00155. The SMILES string of the molecule is Cc1noc(C)c1C(C)CC(=O)NC1(CC(=O)O)CCCC1. The summed E-state index contributed by atoms with van der Waals surface area (Å²) in [5.41, 5.74) is 1.20. The number of hydrogen-bond acceptors (Lipinski definition) is 4. The van der Waals surface area contributed by atoms with Crippen molar-refractivity contribution in [3.63, 3.8) is 0 Å². The molecule has 0 aliphatic heterocycles. The fourth-order valence-electron chi connectivity index (χ4n) is 3.61. The van der Waals surface area contributed by atoms with Gasteiger partial charge < -0.3 is 14.9 Å². The molecule has 0 saturated heterocycles. The average Bonchev–Trinajstić information content (AvgIpc) is 2.95. The lowest BCUT2D eigenvalue weighted by atomic mass is 9.91. The van der Waals surface area contributed by atoms with Gasteiger partial charge in [0.05, 0.1) is 17.7 Å². The first kappa shape index (κ1) is 16.5. The van der Waals surface area contributed by atoms with Crippen molar-refractivity contribution in [1.82, 2.24) is 10.5 Å². The summed E-state index contributed by atoms with van der Waals surface area (Å²) < 4.78 is 5.14. The van der Waals surface area contributed by atoms with Gasteiger partial charge >= 0.3 is 5.97 Å². The zero-order valence-corrected chi connectivity index (χ0v) is 13.4. The van der Waals surface area contributed by atoms with Gasteiger partial charge in [0.15, 0.2) is 0 Å². The van der Waals surface area contributed by atoms with E-state index >= 15 is 0 Å². The van der Waals surface area contributed by atoms with Crippen LogP contribution < -0.4 is 5.32 Å². The second-order valence-corrected chi connectivity index (χ2v) is 6.45. The summed E-state index contributed by atoms with van der Waals surface area (Å²) in [6.45, 7) is 5.67. The first-order valence-electron chi connectivity index (χ1n) is 7.78. The molecule has 1 amide bonds. The van der Waals surface area contributed by atoms with Crippen LogP contribution in [0.25, 0.3) is 0 Å². The number of nitrogens with one attached hydrogen (secondary N) is 1. The van der Waals surface area contributed by atoms with Crippen LogP contribution in [-0.2, 0) is 9.59 Å². The van der Waals surface area contributed by atoms with E-state index in [1.807, 2.05) is 20.8 Å². The van der Waals surface area contributed by atoms with E-state index in [0.29, 0.717) is 6.42 Å². The van der Waals surface area contributed by atoms with Gasteiger partial charge in [0.2, 0.25) is 5.91 Å². The van der Waals surface area contributed by atoms with E-state index < -0.39 is 11.5 Å². The second kappa shape index (κ2) is 6.50. The molecule has 1 aromatic rings. The predicted molar refractivity (Wildman–Crippen MR) is 80.6 cm³/mol. The molecule has 6 heteroatoms. The molecule has 0 aromatic carbocycles. The number of carbonyl (C=O) groups excluding carboxylic acids is 1. The molecule has 0 spiro atoms. The van der Waals surface area contributed by atoms with Crippen molar-refractivity contribution < 1.29 is 19.2 Å². The van der Waals surface area contributed by atoms with E-state index in [4.69, 9.17) is 9.63 Å². The van der Waals surface area contributed by atoms with E-state index in [-0.39, 0.29) is 18.2 Å². The summed E-state index contributed by atoms with van der Waals surface area (Å²) >= 11 is 0. The Morgan fingerprint density at radius 1 is 1.36 bits per heavy atom. The van der Waals surface area contributed by atoms with Gasteiger partial charge in [0, 0.05) is 12.0 Å². The molecule has 0 radical (unpaired) electrons. The first-order chi connectivity index (χ1) is 10.3. The van der Waals surface area contributed by atoms with E-state index in [9.17, 15) is 9.59 Å². The van der Waals surface area contributed by atoms with E-state index in [1.54, 1.807) is 0 Å². The molecule has 0 bridgehead atoms. The third-order valence-electron chi connectivity index (χ3n) is 4.53. The Kier molecular flexibility index (Phi) is 4.88. The number of carboxylic acids is 1. The summed E-state index contributed by atoms with van der Waals surface area (Å²) in [4.78, 5) is 23.4. The number of nitrogens with zero attached hydrogens (tertiary/aromatic N) is 1. The Labute approximate surface area is 130 Å². The lowest BCUT2D eigenvalue weighted by Gasteiger charge is -2.29. The Hall–Kier alpha value is -1.85. The summed E-state index contributed by atoms with van der Waals surface area (Å²) in [6, 6.07) is 0. The third kappa shape index (κ3) is 3.67. The molecule has 2 N–H and O–H groups in total. The normalized spacial score (nSPS) is 18.1. The van der Waals surface area contributed by atoms with E-state index in [2.05, 4.69) is 10.5 Å². The highest BCUT2D eigenvalue weighted by atomic mass is 16.5. The average molecular weight is 308 g/mol. The minimum atomic E-state index is -0.860. The van der Waals surface area contributed by atoms with Crippen LogP contribution in [0.2, 0.25) is 0 Å². The topological polar surface area (TPSA) is 92.4 Å². The van der Waals surface area contributed by atoms with Crippen LogP contribution in [0.5, 0.6) is 0 Å². The van der Waals surface area contributed by atoms with Gasteiger partial charge in [0.1, 0.15) is 5.76 Å². The molecule has 122 valence electrons. The molecule has 1 aromatic heterocycles. The summed E-state index contributed by atoms with van der Waals surface area (Å²) in [5, 5.41) is 16.0. The van der Waals surface area contributed by atoms with Crippen LogP contribution in [0.15, 0.2) is 4.52 Å². The van der Waals surface area contributed by atoms with Crippen LogP contribution >= 0.6 is 0 Å². The number of carboxylic acid groups (broad SMARTS) is 1. The van der Waals surface area contributed by atoms with Gasteiger partial charge in [-0.1, -0.05) is 24.9 Å². The quantitative estimate of drug-likeness (QED) is 0.843. The highest BCUT2D eigenvalue weighted by Crippen LogP contribution is 2.33. The molecule has 2 rings (SSSR count). The fraction of sp³-hybridized carbons (Fsp3) is 0.688. The smallest absolute Gasteiger partial charge is 0.305 e. The standard InChI is InChI=1S/C16H24N2O4/c1-10(15-11(2)18-22-12(15)3)8-13(19)17-16(9-14(20)21)6-4-5-7-16/h10H,4-9H2,1-3H3,(H,17,19)(H,20,21). The van der Waals surface area contributed by atoms with Crippen molar-refractivity contribution >= 4 is 11.9 Å². The van der Waals surface area contributed by atoms with Crippen LogP contribution in [0.1, 0.15) is 68.4 Å². The van der Waals surface area contributed by atoms with Crippen LogP contribution in [0.3, 0.4) is 0 Å². The molecule has 1 unspecified atom stereocenters. The first-order valence-corrected chi connectivity index (χ1v) is 7.78. The fourth-order valence-corrected chi connectivity index (χ4v) is 3.61. The zero-order valence-electron chi connectivity index (χ0n) is 13.4. The number of carbonyl (C=O) groups is 2. The van der Waals surface area contributed by atoms with Crippen molar-refractivity contribution in [3.05, 3.63) is 17.0 Å². The van der Waals surface area contributed by atoms with Gasteiger partial charge in [-0.2, -0.15) is 0 Å². The maximum atomic E-state index is 12.4. The summed E-state index contributed by atoms with van der Waals surface area (Å²) in [6.07, 6.45) is 3.72. The molecular weight excluding hydrogens is 284 g/mol. The summed E-state index contributed by atoms with van der Waals surface area (Å²) in [5.74, 6) is -0.231. The van der Waals surface area contributed by atoms with E-state index in [1.165, 1.54) is 0 Å². The molecule has 22 heavy (non-hydrogen) atoms. The minimum Gasteiger partial charge on any atom is -0.481 e. The van der Waals surface area contributed by atoms with Gasteiger partial charge in [0.25, 0.3) is 0 Å². The lowest BCUT2D eigenvalue weighted by Crippen LogP contribution is -2.48. The maximum absolute atomic E-state index is 12.4. The Morgan fingerprint density at radius 3 is 2.50 bits per heavy atom. The van der Waals surface area contributed by atoms with Crippen molar-refractivity contribution in [1.29, 1.82) is 0 Å². The molecule has 1 fully saturated rings. The van der Waals surface area contributed by atoms with Gasteiger partial charge in [-0.3, -0.25) is 9.59 Å². The maximum Gasteiger partial charge on any atom is 0.305 e. The third-order valence-corrected chi connectivity index (χ3v) is 4.53. The Balaban J connectivity index is 2.01. The number of amides is 1. The largest absolute Gasteiger partial charge is 0.481 e. The highest BCUT2D eigenvalue weighted by Gasteiger charge is 2.37. The van der Waals surface area contributed by atoms with Gasteiger partial charge in [-0.25, -0.2) is 0 Å². The van der Waals surface area contributed by atoms with Crippen LogP contribution in [0.4, 0.5) is 0 Å². The van der Waals surface area contributed by atoms with Crippen molar-refractivity contribution in [2.45, 2.75) is 70.8 Å². The van der Waals surface area contributed by atoms with E-state index in [0.717, 1.165) is 42.7 Å². The molecule has 1 atom stereocenters. The van der Waals surface area contributed by atoms with Crippen LogP contribution in [0, 0.1) is 13.8 Å². The molecule has 1 heterocycles. The van der Waals surface area contributed by atoms with Crippen LogP contribution in [-0.4, -0.2) is 27.7 Å². The molecule has 6 nitrogen and oxygen atoms in total. The second-order valence-electron chi connectivity index (χ2n) is 6.45. The summed E-state index contributed by atoms with van der Waals surface area (Å²) in [7, 11) is 0. The van der Waals surface area contributed by atoms with Crippen molar-refractivity contribution in [3.8, 4) is 0 Å². The number of hydrogen-bond donors (Lipinski definition) is 2.